The SMILES string of the molecule is CCC(O)c1ccc(-c2ccc(F)cc2F)cc1. The summed E-state index contributed by atoms with van der Waals surface area (Å²) in [7, 11) is 0. The average molecular weight is 248 g/mol. The largest absolute Gasteiger partial charge is 0.388 e. The zero-order valence-electron chi connectivity index (χ0n) is 10.0. The zero-order valence-corrected chi connectivity index (χ0v) is 10.0. The number of rotatable bonds is 3. The second-order valence-electron chi connectivity index (χ2n) is 4.17. The molecular formula is C15H14F2O. The van der Waals surface area contributed by atoms with Crippen molar-refractivity contribution in [1.82, 2.24) is 0 Å². The minimum atomic E-state index is -0.589. The smallest absolute Gasteiger partial charge is 0.133 e. The monoisotopic (exact) mass is 248 g/mol. The summed E-state index contributed by atoms with van der Waals surface area (Å²) in [6, 6.07) is 10.5. The van der Waals surface area contributed by atoms with E-state index in [1.54, 1.807) is 24.3 Å². The molecular weight excluding hydrogens is 234 g/mol. The van der Waals surface area contributed by atoms with Gasteiger partial charge in [0.1, 0.15) is 11.6 Å². The van der Waals surface area contributed by atoms with Crippen LogP contribution in [0, 0.1) is 11.6 Å². The molecule has 2 rings (SSSR count). The van der Waals surface area contributed by atoms with Crippen LogP contribution < -0.4 is 0 Å². The van der Waals surface area contributed by atoms with Crippen molar-refractivity contribution in [3.8, 4) is 11.1 Å². The van der Waals surface area contributed by atoms with E-state index in [4.69, 9.17) is 0 Å². The first-order chi connectivity index (χ1) is 8.61. The molecule has 0 saturated heterocycles. The first kappa shape index (κ1) is 12.7. The van der Waals surface area contributed by atoms with Gasteiger partial charge < -0.3 is 5.11 Å². The van der Waals surface area contributed by atoms with Gasteiger partial charge >= 0.3 is 0 Å². The Hall–Kier alpha value is -1.74. The number of aliphatic hydroxyl groups is 1. The molecule has 0 bridgehead atoms. The van der Waals surface area contributed by atoms with Gasteiger partial charge in [0.25, 0.3) is 0 Å². The third-order valence-electron chi connectivity index (χ3n) is 2.92. The van der Waals surface area contributed by atoms with E-state index < -0.39 is 17.7 Å². The Morgan fingerprint density at radius 2 is 1.72 bits per heavy atom. The van der Waals surface area contributed by atoms with Gasteiger partial charge in [-0.1, -0.05) is 31.2 Å². The predicted octanol–water partition coefficient (Wildman–Crippen LogP) is 4.08. The van der Waals surface area contributed by atoms with Crippen molar-refractivity contribution in [3.05, 3.63) is 59.7 Å². The highest BCUT2D eigenvalue weighted by Gasteiger charge is 2.08. The molecule has 18 heavy (non-hydrogen) atoms. The van der Waals surface area contributed by atoms with Crippen LogP contribution in [0.5, 0.6) is 0 Å². The highest BCUT2D eigenvalue weighted by atomic mass is 19.1. The standard InChI is InChI=1S/C15H14F2O/c1-2-15(18)11-5-3-10(4-6-11)13-8-7-12(16)9-14(13)17/h3-9,15,18H,2H2,1H3. The fraction of sp³-hybridized carbons (Fsp3) is 0.200. The molecule has 1 unspecified atom stereocenters. The molecule has 0 aromatic heterocycles. The first-order valence-electron chi connectivity index (χ1n) is 5.85. The van der Waals surface area contributed by atoms with E-state index in [0.717, 1.165) is 11.6 Å². The first-order valence-corrected chi connectivity index (χ1v) is 5.85. The summed E-state index contributed by atoms with van der Waals surface area (Å²) in [5, 5.41) is 9.66. The van der Waals surface area contributed by atoms with Gasteiger partial charge in [0.2, 0.25) is 0 Å². The summed E-state index contributed by atoms with van der Waals surface area (Å²) in [6.07, 6.45) is 0.127. The molecule has 3 heteroatoms. The zero-order chi connectivity index (χ0) is 13.1. The van der Waals surface area contributed by atoms with E-state index in [-0.39, 0.29) is 0 Å². The summed E-state index contributed by atoms with van der Waals surface area (Å²) >= 11 is 0. The van der Waals surface area contributed by atoms with E-state index in [1.807, 2.05) is 6.92 Å². The summed E-state index contributed by atoms with van der Waals surface area (Å²) in [4.78, 5) is 0. The lowest BCUT2D eigenvalue weighted by molar-refractivity contribution is 0.173. The summed E-state index contributed by atoms with van der Waals surface area (Å²) in [5.74, 6) is -1.17. The number of hydrogen-bond donors (Lipinski definition) is 1. The van der Waals surface area contributed by atoms with Gasteiger partial charge in [0, 0.05) is 11.6 Å². The maximum absolute atomic E-state index is 13.6. The second-order valence-corrected chi connectivity index (χ2v) is 4.17. The Morgan fingerprint density at radius 1 is 1.06 bits per heavy atom. The van der Waals surface area contributed by atoms with Crippen molar-refractivity contribution in [2.45, 2.75) is 19.4 Å². The van der Waals surface area contributed by atoms with Gasteiger partial charge in [-0.05, 0) is 29.7 Å². The van der Waals surface area contributed by atoms with Gasteiger partial charge in [0.05, 0.1) is 6.10 Å². The normalized spacial score (nSPS) is 12.4. The molecule has 0 amide bonds. The Labute approximate surface area is 105 Å². The van der Waals surface area contributed by atoms with E-state index in [9.17, 15) is 13.9 Å². The Bertz CT molecular complexity index is 535. The molecule has 2 aromatic rings. The van der Waals surface area contributed by atoms with Crippen molar-refractivity contribution in [3.63, 3.8) is 0 Å². The molecule has 0 radical (unpaired) electrons. The highest BCUT2D eigenvalue weighted by Crippen LogP contribution is 2.25. The van der Waals surface area contributed by atoms with E-state index in [2.05, 4.69) is 0 Å². The fourth-order valence-electron chi connectivity index (χ4n) is 1.84. The van der Waals surface area contributed by atoms with E-state index >= 15 is 0 Å². The maximum Gasteiger partial charge on any atom is 0.133 e. The van der Waals surface area contributed by atoms with Gasteiger partial charge in [-0.15, -0.1) is 0 Å². The van der Waals surface area contributed by atoms with E-state index in [0.29, 0.717) is 17.5 Å². The van der Waals surface area contributed by atoms with Gasteiger partial charge in [-0.3, -0.25) is 0 Å². The third-order valence-corrected chi connectivity index (χ3v) is 2.92. The van der Waals surface area contributed by atoms with Crippen LogP contribution in [0.25, 0.3) is 11.1 Å². The highest BCUT2D eigenvalue weighted by molar-refractivity contribution is 5.64. The van der Waals surface area contributed by atoms with Crippen molar-refractivity contribution < 1.29 is 13.9 Å². The molecule has 1 N–H and O–H groups in total. The molecule has 0 aliphatic heterocycles. The molecule has 94 valence electrons. The van der Waals surface area contributed by atoms with Crippen LogP contribution in [-0.2, 0) is 0 Å². The van der Waals surface area contributed by atoms with Gasteiger partial charge in [0.15, 0.2) is 0 Å². The molecule has 0 aliphatic rings. The lowest BCUT2D eigenvalue weighted by Crippen LogP contribution is -1.94. The van der Waals surface area contributed by atoms with Gasteiger partial charge in [-0.25, -0.2) is 8.78 Å². The Balaban J connectivity index is 2.34. The predicted molar refractivity (Wildman–Crippen MR) is 67.0 cm³/mol. The molecule has 2 aromatic carbocycles. The summed E-state index contributed by atoms with van der Waals surface area (Å²) in [6.45, 7) is 1.89. The van der Waals surface area contributed by atoms with Gasteiger partial charge in [-0.2, -0.15) is 0 Å². The number of aliphatic hydroxyl groups excluding tert-OH is 1. The molecule has 0 spiro atoms. The van der Waals surface area contributed by atoms with Crippen LogP contribution in [0.4, 0.5) is 8.78 Å². The number of halogens is 2. The Kier molecular flexibility index (Phi) is 3.72. The molecule has 1 atom stereocenters. The number of hydrogen-bond acceptors (Lipinski definition) is 1. The summed E-state index contributed by atoms with van der Waals surface area (Å²) < 4.78 is 26.4. The van der Waals surface area contributed by atoms with Crippen molar-refractivity contribution in [1.29, 1.82) is 0 Å². The minimum absolute atomic E-state index is 0.355. The average Bonchev–Trinajstić information content (AvgIpc) is 2.38. The van der Waals surface area contributed by atoms with Crippen LogP contribution >= 0.6 is 0 Å². The number of benzene rings is 2. The lowest BCUT2D eigenvalue weighted by atomic mass is 10.0. The Morgan fingerprint density at radius 3 is 2.28 bits per heavy atom. The van der Waals surface area contributed by atoms with E-state index in [1.165, 1.54) is 12.1 Å². The summed E-state index contributed by atoms with van der Waals surface area (Å²) in [5.41, 5.74) is 1.82. The molecule has 0 fully saturated rings. The molecule has 1 nitrogen and oxygen atoms in total. The second kappa shape index (κ2) is 5.27. The van der Waals surface area contributed by atoms with Crippen LogP contribution in [0.1, 0.15) is 25.0 Å². The maximum atomic E-state index is 13.6. The molecule has 0 aliphatic carbocycles. The van der Waals surface area contributed by atoms with Crippen LogP contribution in [0.2, 0.25) is 0 Å². The lowest BCUT2D eigenvalue weighted by Gasteiger charge is -2.09. The van der Waals surface area contributed by atoms with Crippen molar-refractivity contribution in [2.75, 3.05) is 0 Å². The van der Waals surface area contributed by atoms with Crippen molar-refractivity contribution >= 4 is 0 Å². The molecule has 0 saturated carbocycles. The quantitative estimate of drug-likeness (QED) is 0.867. The topological polar surface area (TPSA) is 20.2 Å². The van der Waals surface area contributed by atoms with Crippen LogP contribution in [0.15, 0.2) is 42.5 Å². The fourth-order valence-corrected chi connectivity index (χ4v) is 1.84. The molecule has 0 heterocycles. The van der Waals surface area contributed by atoms with Crippen LogP contribution in [0.3, 0.4) is 0 Å². The minimum Gasteiger partial charge on any atom is -0.388 e. The third kappa shape index (κ3) is 2.57. The van der Waals surface area contributed by atoms with Crippen molar-refractivity contribution in [2.24, 2.45) is 0 Å². The van der Waals surface area contributed by atoms with Crippen LogP contribution in [-0.4, -0.2) is 5.11 Å².